The predicted molar refractivity (Wildman–Crippen MR) is 121 cm³/mol. The number of carbonyl (C=O) groups excluding carboxylic acids is 1. The van der Waals surface area contributed by atoms with E-state index in [1.54, 1.807) is 0 Å². The van der Waals surface area contributed by atoms with E-state index in [1.807, 2.05) is 38.1 Å². The molecule has 6 nitrogen and oxygen atoms in total. The molecule has 4 rings (SSSR count). The van der Waals surface area contributed by atoms with Crippen LogP contribution in [0.2, 0.25) is 5.02 Å². The Hall–Kier alpha value is -2.70. The van der Waals surface area contributed by atoms with Crippen LogP contribution in [0.1, 0.15) is 29.3 Å². The number of benzene rings is 2. The number of aryl methyl sites for hydroxylation is 3. The van der Waals surface area contributed by atoms with Crippen LogP contribution >= 0.6 is 11.6 Å². The molecule has 1 aromatic heterocycles. The van der Waals surface area contributed by atoms with Crippen molar-refractivity contribution in [1.29, 1.82) is 0 Å². The van der Waals surface area contributed by atoms with Crippen LogP contribution in [0.15, 0.2) is 36.4 Å². The monoisotopic (exact) mass is 423 g/mol. The van der Waals surface area contributed by atoms with Crippen molar-refractivity contribution in [3.63, 3.8) is 0 Å². The number of halogens is 1. The molecule has 3 unspecified atom stereocenters. The van der Waals surface area contributed by atoms with Crippen LogP contribution in [-0.2, 0) is 11.2 Å². The van der Waals surface area contributed by atoms with E-state index in [9.17, 15) is 4.79 Å². The molecule has 0 saturated carbocycles. The molecule has 1 aliphatic heterocycles. The number of amides is 1. The Bertz CT molecular complexity index is 1120. The van der Waals surface area contributed by atoms with Gasteiger partial charge in [-0.3, -0.25) is 10.1 Å². The average molecular weight is 424 g/mol. The Morgan fingerprint density at radius 2 is 1.87 bits per heavy atom. The van der Waals surface area contributed by atoms with Gasteiger partial charge in [0, 0.05) is 16.5 Å². The molecule has 2 aromatic carbocycles. The molecule has 1 amide bonds. The van der Waals surface area contributed by atoms with E-state index in [4.69, 9.17) is 11.6 Å². The summed E-state index contributed by atoms with van der Waals surface area (Å²) in [6, 6.07) is 11.8. The van der Waals surface area contributed by atoms with Gasteiger partial charge in [-0.2, -0.15) is 0 Å². The molecule has 0 spiro atoms. The fourth-order valence-electron chi connectivity index (χ4n) is 3.90. The van der Waals surface area contributed by atoms with Crippen LogP contribution in [0.5, 0.6) is 0 Å². The smallest absolute Gasteiger partial charge is 0.227 e. The number of hydrogen-bond acceptors (Lipinski definition) is 5. The molecular formula is C23H26ClN5O. The zero-order valence-electron chi connectivity index (χ0n) is 17.6. The first-order valence-electron chi connectivity index (χ1n) is 10.1. The molecule has 7 heteroatoms. The zero-order valence-corrected chi connectivity index (χ0v) is 18.3. The summed E-state index contributed by atoms with van der Waals surface area (Å²) in [4.78, 5) is 22.0. The van der Waals surface area contributed by atoms with Gasteiger partial charge < -0.3 is 10.6 Å². The maximum Gasteiger partial charge on any atom is 0.227 e. The highest BCUT2D eigenvalue weighted by atomic mass is 35.5. The lowest BCUT2D eigenvalue weighted by molar-refractivity contribution is -0.128. The van der Waals surface area contributed by atoms with Crippen LogP contribution < -0.4 is 16.0 Å². The number of carbonyl (C=O) groups is 1. The summed E-state index contributed by atoms with van der Waals surface area (Å²) >= 11 is 6.08. The molecular weight excluding hydrogens is 398 g/mol. The lowest BCUT2D eigenvalue weighted by Crippen LogP contribution is -2.63. The van der Waals surface area contributed by atoms with Crippen LogP contribution in [0.4, 0.5) is 5.95 Å². The third-order valence-electron chi connectivity index (χ3n) is 5.78. The maximum absolute atomic E-state index is 12.8. The van der Waals surface area contributed by atoms with Gasteiger partial charge in [0.05, 0.1) is 17.1 Å². The van der Waals surface area contributed by atoms with Crippen LogP contribution in [0.25, 0.3) is 10.9 Å². The van der Waals surface area contributed by atoms with Crippen molar-refractivity contribution in [3.05, 3.63) is 63.8 Å². The maximum atomic E-state index is 12.8. The van der Waals surface area contributed by atoms with Gasteiger partial charge in [0.1, 0.15) is 0 Å². The van der Waals surface area contributed by atoms with E-state index in [2.05, 4.69) is 51.9 Å². The fraction of sp³-hybridized carbons (Fsp3) is 0.348. The number of fused-ring (bicyclic) bond motifs is 1. The minimum atomic E-state index is -0.438. The summed E-state index contributed by atoms with van der Waals surface area (Å²) in [7, 11) is 0. The topological polar surface area (TPSA) is 78.9 Å². The molecule has 1 saturated heterocycles. The van der Waals surface area contributed by atoms with Gasteiger partial charge in [-0.25, -0.2) is 9.97 Å². The number of nitrogens with zero attached hydrogens (tertiary/aromatic N) is 2. The van der Waals surface area contributed by atoms with E-state index < -0.39 is 6.29 Å². The second-order valence-electron chi connectivity index (χ2n) is 8.07. The van der Waals surface area contributed by atoms with E-state index in [-0.39, 0.29) is 17.9 Å². The molecule has 156 valence electrons. The summed E-state index contributed by atoms with van der Waals surface area (Å²) in [6.45, 7) is 8.15. The van der Waals surface area contributed by atoms with E-state index in [0.29, 0.717) is 17.4 Å². The van der Waals surface area contributed by atoms with E-state index in [0.717, 1.165) is 22.2 Å². The van der Waals surface area contributed by atoms with Gasteiger partial charge >= 0.3 is 0 Å². The molecule has 30 heavy (non-hydrogen) atoms. The van der Waals surface area contributed by atoms with Crippen LogP contribution in [0.3, 0.4) is 0 Å². The van der Waals surface area contributed by atoms with E-state index in [1.165, 1.54) is 11.1 Å². The van der Waals surface area contributed by atoms with Gasteiger partial charge in [0.25, 0.3) is 0 Å². The number of anilines is 1. The number of hydrogen-bond donors (Lipinski definition) is 3. The Balaban J connectivity index is 1.49. The van der Waals surface area contributed by atoms with Crippen molar-refractivity contribution in [2.24, 2.45) is 5.92 Å². The second-order valence-corrected chi connectivity index (χ2v) is 8.50. The first kappa shape index (κ1) is 20.6. The van der Waals surface area contributed by atoms with Gasteiger partial charge in [0.2, 0.25) is 11.9 Å². The first-order chi connectivity index (χ1) is 14.3. The quantitative estimate of drug-likeness (QED) is 0.593. The Morgan fingerprint density at radius 3 is 2.60 bits per heavy atom. The Morgan fingerprint density at radius 1 is 1.10 bits per heavy atom. The zero-order chi connectivity index (χ0) is 21.4. The highest BCUT2D eigenvalue weighted by Crippen LogP contribution is 2.23. The Labute approximate surface area is 181 Å². The third-order valence-corrected chi connectivity index (χ3v) is 6.01. The SMILES string of the molecule is Cc1cc2nc(NC3NC(=O)C(Cc4cccc(Cl)c4)C(C)N3)nc(C)c2cc1C. The number of nitrogens with one attached hydrogen (secondary N) is 3. The van der Waals surface area contributed by atoms with Crippen LogP contribution in [-0.4, -0.2) is 28.2 Å². The van der Waals surface area contributed by atoms with Crippen molar-refractivity contribution in [1.82, 2.24) is 20.6 Å². The summed E-state index contributed by atoms with van der Waals surface area (Å²) in [5.41, 5.74) is 5.24. The summed E-state index contributed by atoms with van der Waals surface area (Å²) in [6.07, 6.45) is 0.184. The predicted octanol–water partition coefficient (Wildman–Crippen LogP) is 3.87. The van der Waals surface area contributed by atoms with Crippen molar-refractivity contribution >= 4 is 34.4 Å². The van der Waals surface area contributed by atoms with Crippen LogP contribution in [0, 0.1) is 26.7 Å². The van der Waals surface area contributed by atoms with Gasteiger partial charge in [-0.05, 0) is 75.1 Å². The fourth-order valence-corrected chi connectivity index (χ4v) is 4.11. The molecule has 3 atom stereocenters. The Kier molecular flexibility index (Phi) is 5.62. The number of aromatic nitrogens is 2. The molecule has 3 aromatic rings. The molecule has 0 aliphatic carbocycles. The molecule has 1 aliphatic rings. The largest absolute Gasteiger partial charge is 0.323 e. The van der Waals surface area contributed by atoms with Gasteiger partial charge in [-0.1, -0.05) is 23.7 Å². The van der Waals surface area contributed by atoms with Crippen molar-refractivity contribution in [2.75, 3.05) is 5.32 Å². The minimum absolute atomic E-state index is 0.0114. The molecule has 3 N–H and O–H groups in total. The third kappa shape index (κ3) is 4.25. The summed E-state index contributed by atoms with van der Waals surface area (Å²) in [5.74, 6) is 0.288. The standard InChI is InChI=1S/C23H26ClN5O/c1-12-8-18-14(3)25-22(27-20(18)9-13(12)2)29-23-26-15(4)19(21(30)28-23)11-16-6-5-7-17(24)10-16/h5-10,15,19,23,26H,11H2,1-4H3,(H,28,30)(H,25,27,29). The minimum Gasteiger partial charge on any atom is -0.323 e. The highest BCUT2D eigenvalue weighted by molar-refractivity contribution is 6.30. The van der Waals surface area contributed by atoms with E-state index >= 15 is 0 Å². The number of rotatable bonds is 4. The summed E-state index contributed by atoms with van der Waals surface area (Å²) in [5, 5.41) is 11.3. The normalized spacial score (nSPS) is 21.5. The molecule has 2 heterocycles. The molecule has 0 bridgehead atoms. The average Bonchev–Trinajstić information content (AvgIpc) is 2.66. The lowest BCUT2D eigenvalue weighted by Gasteiger charge is -2.36. The molecule has 0 radical (unpaired) electrons. The lowest BCUT2D eigenvalue weighted by atomic mass is 9.91. The van der Waals surface area contributed by atoms with Crippen molar-refractivity contribution < 1.29 is 4.79 Å². The second kappa shape index (κ2) is 8.20. The first-order valence-corrected chi connectivity index (χ1v) is 10.5. The van der Waals surface area contributed by atoms with Crippen molar-refractivity contribution in [3.8, 4) is 0 Å². The van der Waals surface area contributed by atoms with Gasteiger partial charge in [-0.15, -0.1) is 0 Å². The highest BCUT2D eigenvalue weighted by Gasteiger charge is 2.33. The van der Waals surface area contributed by atoms with Gasteiger partial charge in [0.15, 0.2) is 6.29 Å². The van der Waals surface area contributed by atoms with Crippen molar-refractivity contribution in [2.45, 2.75) is 46.4 Å². The molecule has 1 fully saturated rings. The summed E-state index contributed by atoms with van der Waals surface area (Å²) < 4.78 is 0.